The number of carbonyl (C=O) groups excluding carboxylic acids is 1. The Labute approximate surface area is 71.2 Å². The van der Waals surface area contributed by atoms with Crippen LogP contribution >= 0.6 is 0 Å². The number of rotatable bonds is 1. The summed E-state index contributed by atoms with van der Waals surface area (Å²) in [6, 6.07) is -0.447. The lowest BCUT2D eigenvalue weighted by Gasteiger charge is -2.35. The predicted octanol–water partition coefficient (Wildman–Crippen LogP) is 1.11. The molecule has 4 nitrogen and oxygen atoms in total. The maximum Gasteiger partial charge on any atom is 0.408 e. The SMILES string of the molecule is C[C@@H]1CCC[C@H](C=O)N1C(=O)O. The lowest BCUT2D eigenvalue weighted by Crippen LogP contribution is -2.48. The van der Waals surface area contributed by atoms with Crippen LogP contribution in [0.5, 0.6) is 0 Å². The molecule has 1 aliphatic heterocycles. The highest BCUT2D eigenvalue weighted by atomic mass is 16.4. The fourth-order valence-electron chi connectivity index (χ4n) is 1.69. The van der Waals surface area contributed by atoms with E-state index in [0.29, 0.717) is 6.42 Å². The fourth-order valence-corrected chi connectivity index (χ4v) is 1.69. The van der Waals surface area contributed by atoms with Gasteiger partial charge in [0.25, 0.3) is 0 Å². The molecule has 1 amide bonds. The van der Waals surface area contributed by atoms with Crippen LogP contribution in [0.4, 0.5) is 4.79 Å². The quantitative estimate of drug-likeness (QED) is 0.601. The van der Waals surface area contributed by atoms with Gasteiger partial charge < -0.3 is 9.90 Å². The van der Waals surface area contributed by atoms with Crippen molar-refractivity contribution in [1.29, 1.82) is 0 Å². The van der Waals surface area contributed by atoms with E-state index in [0.717, 1.165) is 19.1 Å². The highest BCUT2D eigenvalue weighted by Crippen LogP contribution is 2.21. The molecule has 0 aromatic carbocycles. The highest BCUT2D eigenvalue weighted by molar-refractivity contribution is 5.72. The molecule has 0 spiro atoms. The Bertz CT molecular complexity index is 193. The molecule has 0 aromatic heterocycles. The minimum atomic E-state index is -0.987. The van der Waals surface area contributed by atoms with Crippen LogP contribution in [-0.4, -0.2) is 34.5 Å². The van der Waals surface area contributed by atoms with Crippen molar-refractivity contribution in [1.82, 2.24) is 4.90 Å². The molecule has 0 unspecified atom stereocenters. The second kappa shape index (κ2) is 3.56. The van der Waals surface area contributed by atoms with E-state index in [1.165, 1.54) is 4.90 Å². The number of piperidine rings is 1. The molecule has 0 bridgehead atoms. The predicted molar refractivity (Wildman–Crippen MR) is 43.0 cm³/mol. The lowest BCUT2D eigenvalue weighted by atomic mass is 9.98. The van der Waals surface area contributed by atoms with E-state index in [-0.39, 0.29) is 6.04 Å². The van der Waals surface area contributed by atoms with Crippen LogP contribution < -0.4 is 0 Å². The second-order valence-corrected chi connectivity index (χ2v) is 3.17. The molecule has 0 aliphatic carbocycles. The Morgan fingerprint density at radius 1 is 1.58 bits per heavy atom. The third-order valence-electron chi connectivity index (χ3n) is 2.33. The molecule has 1 heterocycles. The van der Waals surface area contributed by atoms with Gasteiger partial charge in [-0.15, -0.1) is 0 Å². The number of hydrogen-bond acceptors (Lipinski definition) is 2. The minimum absolute atomic E-state index is 0.0218. The molecular weight excluding hydrogens is 158 g/mol. The smallest absolute Gasteiger partial charge is 0.408 e. The summed E-state index contributed by atoms with van der Waals surface area (Å²) in [6.45, 7) is 1.84. The first-order valence-corrected chi connectivity index (χ1v) is 4.13. The van der Waals surface area contributed by atoms with Gasteiger partial charge in [-0.3, -0.25) is 4.90 Å². The minimum Gasteiger partial charge on any atom is -0.465 e. The van der Waals surface area contributed by atoms with Crippen LogP contribution in [0, 0.1) is 0 Å². The zero-order valence-electron chi connectivity index (χ0n) is 7.06. The Balaban J connectivity index is 2.72. The van der Waals surface area contributed by atoms with Gasteiger partial charge in [-0.05, 0) is 26.2 Å². The Hall–Kier alpha value is -1.06. The van der Waals surface area contributed by atoms with Gasteiger partial charge in [0.2, 0.25) is 0 Å². The standard InChI is InChI=1S/C8H13NO3/c1-6-3-2-4-7(5-10)9(6)8(11)12/h5-7H,2-4H2,1H3,(H,11,12)/t6-,7-/m1/s1. The van der Waals surface area contributed by atoms with Crippen molar-refractivity contribution in [3.05, 3.63) is 0 Å². The highest BCUT2D eigenvalue weighted by Gasteiger charge is 2.30. The van der Waals surface area contributed by atoms with Crippen LogP contribution in [0.1, 0.15) is 26.2 Å². The topological polar surface area (TPSA) is 57.6 Å². The van der Waals surface area contributed by atoms with Crippen LogP contribution in [0.15, 0.2) is 0 Å². The number of nitrogens with zero attached hydrogens (tertiary/aromatic N) is 1. The molecule has 1 rings (SSSR count). The zero-order chi connectivity index (χ0) is 9.14. The number of aldehydes is 1. The summed E-state index contributed by atoms with van der Waals surface area (Å²) in [5.41, 5.74) is 0. The normalized spacial score (nSPS) is 29.9. The molecule has 4 heteroatoms. The van der Waals surface area contributed by atoms with Crippen molar-refractivity contribution in [2.24, 2.45) is 0 Å². The maximum absolute atomic E-state index is 10.7. The third-order valence-corrected chi connectivity index (χ3v) is 2.33. The largest absolute Gasteiger partial charge is 0.465 e. The molecule has 0 saturated carbocycles. The average Bonchev–Trinajstić information content (AvgIpc) is 2.03. The second-order valence-electron chi connectivity index (χ2n) is 3.17. The van der Waals surface area contributed by atoms with Gasteiger partial charge in [0.15, 0.2) is 0 Å². The summed E-state index contributed by atoms with van der Waals surface area (Å²) < 4.78 is 0. The van der Waals surface area contributed by atoms with Gasteiger partial charge in [-0.2, -0.15) is 0 Å². The van der Waals surface area contributed by atoms with Crippen LogP contribution in [0.2, 0.25) is 0 Å². The van der Waals surface area contributed by atoms with E-state index in [1.807, 2.05) is 6.92 Å². The Morgan fingerprint density at radius 2 is 2.25 bits per heavy atom. The molecular formula is C8H13NO3. The molecule has 1 saturated heterocycles. The first kappa shape index (κ1) is 9.03. The number of carbonyl (C=O) groups is 2. The van der Waals surface area contributed by atoms with E-state index in [4.69, 9.17) is 5.11 Å². The summed E-state index contributed by atoms with van der Waals surface area (Å²) >= 11 is 0. The van der Waals surface area contributed by atoms with Crippen LogP contribution in [0.25, 0.3) is 0 Å². The number of amides is 1. The van der Waals surface area contributed by atoms with Gasteiger partial charge >= 0.3 is 6.09 Å². The average molecular weight is 171 g/mol. The van der Waals surface area contributed by atoms with Crippen molar-refractivity contribution in [2.75, 3.05) is 0 Å². The van der Waals surface area contributed by atoms with Gasteiger partial charge in [-0.1, -0.05) is 0 Å². The Morgan fingerprint density at radius 3 is 2.67 bits per heavy atom. The maximum atomic E-state index is 10.7. The molecule has 68 valence electrons. The van der Waals surface area contributed by atoms with Crippen molar-refractivity contribution in [3.8, 4) is 0 Å². The molecule has 1 fully saturated rings. The molecule has 1 aliphatic rings. The molecule has 2 atom stereocenters. The summed E-state index contributed by atoms with van der Waals surface area (Å²) in [5, 5.41) is 8.78. The first-order chi connectivity index (χ1) is 5.66. The molecule has 1 N–H and O–H groups in total. The number of carboxylic acid groups (broad SMARTS) is 1. The monoisotopic (exact) mass is 171 g/mol. The van der Waals surface area contributed by atoms with Crippen molar-refractivity contribution in [2.45, 2.75) is 38.3 Å². The number of likely N-dealkylation sites (tertiary alicyclic amines) is 1. The van der Waals surface area contributed by atoms with Crippen LogP contribution in [0.3, 0.4) is 0 Å². The summed E-state index contributed by atoms with van der Waals surface area (Å²) in [4.78, 5) is 22.5. The van der Waals surface area contributed by atoms with Gasteiger partial charge in [0, 0.05) is 6.04 Å². The third kappa shape index (κ3) is 1.57. The van der Waals surface area contributed by atoms with Gasteiger partial charge in [0.05, 0.1) is 6.04 Å². The fraction of sp³-hybridized carbons (Fsp3) is 0.750. The van der Waals surface area contributed by atoms with Crippen molar-refractivity contribution < 1.29 is 14.7 Å². The Kier molecular flexibility index (Phi) is 2.68. The lowest BCUT2D eigenvalue weighted by molar-refractivity contribution is -0.113. The summed E-state index contributed by atoms with van der Waals surface area (Å²) in [6.07, 6.45) is 2.20. The molecule has 0 radical (unpaired) electrons. The van der Waals surface area contributed by atoms with E-state index in [2.05, 4.69) is 0 Å². The van der Waals surface area contributed by atoms with Gasteiger partial charge in [-0.25, -0.2) is 4.79 Å². The van der Waals surface area contributed by atoms with Gasteiger partial charge in [0.1, 0.15) is 6.29 Å². The van der Waals surface area contributed by atoms with Crippen molar-refractivity contribution >= 4 is 12.4 Å². The molecule has 12 heavy (non-hydrogen) atoms. The first-order valence-electron chi connectivity index (χ1n) is 4.13. The van der Waals surface area contributed by atoms with E-state index in [1.54, 1.807) is 0 Å². The zero-order valence-corrected chi connectivity index (χ0v) is 7.06. The van der Waals surface area contributed by atoms with E-state index in [9.17, 15) is 9.59 Å². The summed E-state index contributed by atoms with van der Waals surface area (Å²) in [5.74, 6) is 0. The molecule has 0 aromatic rings. The number of hydrogen-bond donors (Lipinski definition) is 1. The van der Waals surface area contributed by atoms with E-state index >= 15 is 0 Å². The van der Waals surface area contributed by atoms with E-state index < -0.39 is 12.1 Å². The summed E-state index contributed by atoms with van der Waals surface area (Å²) in [7, 11) is 0. The van der Waals surface area contributed by atoms with Crippen molar-refractivity contribution in [3.63, 3.8) is 0 Å². The van der Waals surface area contributed by atoms with Crippen LogP contribution in [-0.2, 0) is 4.79 Å².